The number of piperidine rings is 1. The van der Waals surface area contributed by atoms with E-state index < -0.39 is 0 Å². The van der Waals surface area contributed by atoms with Gasteiger partial charge < -0.3 is 19.5 Å². The average Bonchev–Trinajstić information content (AvgIpc) is 3.06. The molecule has 0 bridgehead atoms. The maximum absolute atomic E-state index is 13.4. The smallest absolute Gasteiger partial charge is 0.277 e. The van der Waals surface area contributed by atoms with Crippen molar-refractivity contribution >= 4 is 17.4 Å². The van der Waals surface area contributed by atoms with Crippen molar-refractivity contribution in [3.8, 4) is 5.75 Å². The fourth-order valence-corrected chi connectivity index (χ4v) is 4.29. The number of hydrogen-bond donors (Lipinski definition) is 1. The minimum atomic E-state index is -0.256. The Kier molecular flexibility index (Phi) is 9.11. The van der Waals surface area contributed by atoms with Crippen LogP contribution in [0, 0.1) is 5.92 Å². The van der Waals surface area contributed by atoms with E-state index in [1.165, 1.54) is 4.90 Å². The van der Waals surface area contributed by atoms with E-state index in [0.717, 1.165) is 37.0 Å². The molecule has 0 radical (unpaired) electrons. The number of imide groups is 1. The Bertz CT molecular complexity index is 805. The van der Waals surface area contributed by atoms with E-state index in [4.69, 9.17) is 9.47 Å². The first-order valence-electron chi connectivity index (χ1n) is 11.9. The van der Waals surface area contributed by atoms with Crippen LogP contribution in [0.25, 0.3) is 5.57 Å². The van der Waals surface area contributed by atoms with Gasteiger partial charge >= 0.3 is 0 Å². The number of nitrogens with zero attached hydrogens (tertiary/aromatic N) is 2. The van der Waals surface area contributed by atoms with Crippen LogP contribution in [0.15, 0.2) is 30.0 Å². The van der Waals surface area contributed by atoms with Gasteiger partial charge in [0, 0.05) is 39.5 Å². The van der Waals surface area contributed by atoms with Gasteiger partial charge in [-0.15, -0.1) is 0 Å². The van der Waals surface area contributed by atoms with E-state index in [1.54, 1.807) is 0 Å². The number of aliphatic hydroxyl groups excluding tert-OH is 1. The molecule has 7 nitrogen and oxygen atoms in total. The molecule has 2 amide bonds. The lowest BCUT2D eigenvalue weighted by atomic mass is 9.97. The van der Waals surface area contributed by atoms with Crippen LogP contribution in [-0.2, 0) is 14.3 Å². The van der Waals surface area contributed by atoms with Crippen LogP contribution in [-0.4, -0.2) is 72.8 Å². The van der Waals surface area contributed by atoms with Gasteiger partial charge in [-0.3, -0.25) is 14.5 Å². The Morgan fingerprint density at radius 3 is 2.50 bits per heavy atom. The molecule has 2 heterocycles. The second-order valence-corrected chi connectivity index (χ2v) is 8.40. The molecule has 1 atom stereocenters. The van der Waals surface area contributed by atoms with Crippen molar-refractivity contribution in [2.24, 2.45) is 5.92 Å². The lowest BCUT2D eigenvalue weighted by Gasteiger charge is -2.34. The van der Waals surface area contributed by atoms with Gasteiger partial charge in [-0.2, -0.15) is 0 Å². The molecular formula is C25H36N2O5. The minimum absolute atomic E-state index is 0.0864. The van der Waals surface area contributed by atoms with Gasteiger partial charge in [0.15, 0.2) is 0 Å². The summed E-state index contributed by atoms with van der Waals surface area (Å²) in [5.74, 6) is 0.344. The molecule has 1 saturated heterocycles. The molecule has 32 heavy (non-hydrogen) atoms. The molecule has 1 aromatic rings. The molecule has 1 fully saturated rings. The molecule has 2 aliphatic rings. The molecule has 2 aliphatic heterocycles. The van der Waals surface area contributed by atoms with E-state index in [2.05, 4.69) is 6.92 Å². The summed E-state index contributed by atoms with van der Waals surface area (Å²) < 4.78 is 11.1. The summed E-state index contributed by atoms with van der Waals surface area (Å²) in [6.07, 6.45) is 4.52. The molecule has 0 aromatic heterocycles. The average molecular weight is 445 g/mol. The van der Waals surface area contributed by atoms with Gasteiger partial charge in [0.2, 0.25) is 0 Å². The first-order chi connectivity index (χ1) is 15.6. The lowest BCUT2D eigenvalue weighted by molar-refractivity contribution is -0.137. The largest absolute Gasteiger partial charge is 0.494 e. The molecule has 7 heteroatoms. The van der Waals surface area contributed by atoms with Gasteiger partial charge in [-0.1, -0.05) is 25.5 Å². The van der Waals surface area contributed by atoms with E-state index in [9.17, 15) is 14.7 Å². The van der Waals surface area contributed by atoms with Crippen molar-refractivity contribution < 1.29 is 24.2 Å². The standard InChI is InChI=1S/C25H36N2O5/c1-3-5-15-31-16-7-14-27-24(29)22(20-9-11-21(12-10-20)32-4-2)23(25(27)30)26-13-6-8-19(17-26)18-28/h9-12,19,28H,3-8,13-18H2,1-2H3. The third kappa shape index (κ3) is 5.70. The molecule has 0 aliphatic carbocycles. The van der Waals surface area contributed by atoms with Gasteiger partial charge in [-0.05, 0) is 56.2 Å². The van der Waals surface area contributed by atoms with Crippen molar-refractivity contribution in [2.75, 3.05) is 46.1 Å². The fourth-order valence-electron chi connectivity index (χ4n) is 4.29. The SMILES string of the molecule is CCCCOCCCN1C(=O)C(c2ccc(OCC)cc2)=C(N2CCCC(CO)C2)C1=O. The number of unbranched alkanes of at least 4 members (excludes halogenated alkanes) is 1. The van der Waals surface area contributed by atoms with Crippen LogP contribution in [0.4, 0.5) is 0 Å². The van der Waals surface area contributed by atoms with Crippen molar-refractivity contribution in [1.82, 2.24) is 9.80 Å². The van der Waals surface area contributed by atoms with Crippen LogP contribution in [0.1, 0.15) is 51.5 Å². The molecular weight excluding hydrogens is 408 g/mol. The highest BCUT2D eigenvalue weighted by Gasteiger charge is 2.42. The Labute approximate surface area is 191 Å². The molecule has 1 aromatic carbocycles. The number of rotatable bonds is 12. The number of ether oxygens (including phenoxy) is 2. The molecule has 3 rings (SSSR count). The minimum Gasteiger partial charge on any atom is -0.494 e. The fraction of sp³-hybridized carbons (Fsp3) is 0.600. The second-order valence-electron chi connectivity index (χ2n) is 8.40. The zero-order valence-corrected chi connectivity index (χ0v) is 19.3. The third-order valence-electron chi connectivity index (χ3n) is 6.00. The number of carbonyl (C=O) groups excluding carboxylic acids is 2. The van der Waals surface area contributed by atoms with Crippen molar-refractivity contribution in [2.45, 2.75) is 46.0 Å². The lowest BCUT2D eigenvalue weighted by Crippen LogP contribution is -2.40. The molecule has 0 spiro atoms. The first kappa shape index (κ1) is 24.3. The maximum atomic E-state index is 13.4. The van der Waals surface area contributed by atoms with Crippen LogP contribution in [0.3, 0.4) is 0 Å². The molecule has 1 N–H and O–H groups in total. The van der Waals surface area contributed by atoms with E-state index in [0.29, 0.717) is 57.1 Å². The van der Waals surface area contributed by atoms with Crippen LogP contribution in [0.5, 0.6) is 5.75 Å². The summed E-state index contributed by atoms with van der Waals surface area (Å²) >= 11 is 0. The van der Waals surface area contributed by atoms with Crippen LogP contribution in [0.2, 0.25) is 0 Å². The molecule has 0 saturated carbocycles. The summed E-state index contributed by atoms with van der Waals surface area (Å²) in [5, 5.41) is 9.66. The zero-order valence-electron chi connectivity index (χ0n) is 19.3. The van der Waals surface area contributed by atoms with Crippen molar-refractivity contribution in [3.05, 3.63) is 35.5 Å². The third-order valence-corrected chi connectivity index (χ3v) is 6.00. The van der Waals surface area contributed by atoms with Crippen LogP contribution < -0.4 is 4.74 Å². The van der Waals surface area contributed by atoms with Gasteiger partial charge in [0.05, 0.1) is 12.2 Å². The number of amides is 2. The number of hydrogen-bond acceptors (Lipinski definition) is 6. The van der Waals surface area contributed by atoms with E-state index >= 15 is 0 Å². The van der Waals surface area contributed by atoms with Gasteiger partial charge in [0.1, 0.15) is 11.4 Å². The maximum Gasteiger partial charge on any atom is 0.277 e. The summed E-state index contributed by atoms with van der Waals surface area (Å²) in [7, 11) is 0. The monoisotopic (exact) mass is 444 g/mol. The highest BCUT2D eigenvalue weighted by Crippen LogP contribution is 2.34. The molecule has 176 valence electrons. The summed E-state index contributed by atoms with van der Waals surface area (Å²) in [6.45, 7) is 7.55. The zero-order chi connectivity index (χ0) is 22.9. The highest BCUT2D eigenvalue weighted by molar-refractivity contribution is 6.35. The number of aliphatic hydroxyl groups is 1. The topological polar surface area (TPSA) is 79.3 Å². The number of carbonyl (C=O) groups is 2. The second kappa shape index (κ2) is 12.0. The Morgan fingerprint density at radius 1 is 1.06 bits per heavy atom. The highest BCUT2D eigenvalue weighted by atomic mass is 16.5. The predicted molar refractivity (Wildman–Crippen MR) is 123 cm³/mol. The Balaban J connectivity index is 1.82. The van der Waals surface area contributed by atoms with Crippen LogP contribution >= 0.6 is 0 Å². The van der Waals surface area contributed by atoms with Crippen molar-refractivity contribution in [1.29, 1.82) is 0 Å². The van der Waals surface area contributed by atoms with Gasteiger partial charge in [0.25, 0.3) is 11.8 Å². The van der Waals surface area contributed by atoms with E-state index in [1.807, 2.05) is 36.1 Å². The Morgan fingerprint density at radius 2 is 1.81 bits per heavy atom. The quantitative estimate of drug-likeness (QED) is 0.394. The summed E-state index contributed by atoms with van der Waals surface area (Å²) in [5.41, 5.74) is 1.63. The summed E-state index contributed by atoms with van der Waals surface area (Å²) in [4.78, 5) is 30.2. The number of benzene rings is 1. The number of likely N-dealkylation sites (tertiary alicyclic amines) is 1. The van der Waals surface area contributed by atoms with Gasteiger partial charge in [-0.25, -0.2) is 0 Å². The predicted octanol–water partition coefficient (Wildman–Crippen LogP) is 3.08. The molecule has 1 unspecified atom stereocenters. The first-order valence-corrected chi connectivity index (χ1v) is 11.9. The normalized spacial score (nSPS) is 19.3. The Hall–Kier alpha value is -2.38. The van der Waals surface area contributed by atoms with E-state index in [-0.39, 0.29) is 24.3 Å². The van der Waals surface area contributed by atoms with Crippen molar-refractivity contribution in [3.63, 3.8) is 0 Å². The summed E-state index contributed by atoms with van der Waals surface area (Å²) in [6, 6.07) is 7.35.